The first-order valence-electron chi connectivity index (χ1n) is 17.5. The minimum absolute atomic E-state index is 0.439. The van der Waals surface area contributed by atoms with Gasteiger partial charge in [0.05, 0.1) is 0 Å². The predicted octanol–water partition coefficient (Wildman–Crippen LogP) is 11.0. The zero-order valence-electron chi connectivity index (χ0n) is 27.1. The molecule has 4 rings (SSSR count). The molecule has 0 aromatic rings. The summed E-state index contributed by atoms with van der Waals surface area (Å²) in [5.74, 6) is 6.77. The van der Waals surface area contributed by atoms with Gasteiger partial charge in [0, 0.05) is 13.7 Å². The number of ether oxygens (including phenoxy) is 2. The first-order chi connectivity index (χ1) is 18.8. The van der Waals surface area contributed by atoms with Crippen LogP contribution in [0.2, 0.25) is 0 Å². The zero-order chi connectivity index (χ0) is 27.9. The lowest BCUT2D eigenvalue weighted by atomic mass is 9.44. The van der Waals surface area contributed by atoms with Crippen LogP contribution < -0.4 is 0 Å². The molecule has 3 fully saturated rings. The maximum atomic E-state index is 5.40. The predicted molar refractivity (Wildman–Crippen MR) is 167 cm³/mol. The van der Waals surface area contributed by atoms with Gasteiger partial charge in [0.1, 0.15) is 6.79 Å². The third-order valence-corrected chi connectivity index (χ3v) is 12.8. The van der Waals surface area contributed by atoms with Gasteiger partial charge < -0.3 is 9.47 Å². The Morgan fingerprint density at radius 3 is 2.33 bits per heavy atom. The maximum absolute atomic E-state index is 5.40. The Labute approximate surface area is 243 Å². The Balaban J connectivity index is 1.23. The van der Waals surface area contributed by atoms with Crippen LogP contribution in [0.1, 0.15) is 150 Å². The third-order valence-electron chi connectivity index (χ3n) is 12.8. The molecule has 4 aliphatic carbocycles. The Morgan fingerprint density at radius 2 is 1.56 bits per heavy atom. The van der Waals surface area contributed by atoms with Crippen LogP contribution in [0.15, 0.2) is 11.6 Å². The van der Waals surface area contributed by atoms with E-state index in [0.717, 1.165) is 48.0 Å². The van der Waals surface area contributed by atoms with E-state index in [1.54, 1.807) is 20.0 Å². The average molecular weight is 543 g/mol. The van der Waals surface area contributed by atoms with E-state index < -0.39 is 0 Å². The molecule has 0 amide bonds. The monoisotopic (exact) mass is 543 g/mol. The fourth-order valence-electron chi connectivity index (χ4n) is 10.6. The van der Waals surface area contributed by atoms with Crippen LogP contribution in [0.4, 0.5) is 0 Å². The van der Waals surface area contributed by atoms with Crippen molar-refractivity contribution in [2.24, 2.45) is 52.3 Å². The Morgan fingerprint density at radius 1 is 0.821 bits per heavy atom. The molecule has 2 heteroatoms. The van der Waals surface area contributed by atoms with E-state index in [0.29, 0.717) is 17.6 Å². The lowest BCUT2D eigenvalue weighted by Crippen LogP contribution is -2.52. The van der Waals surface area contributed by atoms with E-state index in [9.17, 15) is 0 Å². The van der Waals surface area contributed by atoms with Crippen molar-refractivity contribution in [3.63, 3.8) is 0 Å². The van der Waals surface area contributed by atoms with Gasteiger partial charge in [-0.25, -0.2) is 0 Å². The van der Waals surface area contributed by atoms with Crippen LogP contribution in [-0.2, 0) is 9.47 Å². The van der Waals surface area contributed by atoms with Crippen LogP contribution in [0.25, 0.3) is 0 Å². The lowest BCUT2D eigenvalue weighted by Gasteiger charge is -2.60. The number of rotatable bonds is 16. The van der Waals surface area contributed by atoms with Gasteiger partial charge >= 0.3 is 0 Å². The molecule has 0 radical (unpaired) electrons. The summed E-state index contributed by atoms with van der Waals surface area (Å²) in [7, 11) is 1.69. The molecule has 0 aromatic heterocycles. The Bertz CT molecular complexity index is 757. The van der Waals surface area contributed by atoms with Crippen molar-refractivity contribution in [1.82, 2.24) is 0 Å². The maximum Gasteiger partial charge on any atom is 0.146 e. The second-order valence-electron chi connectivity index (χ2n) is 15.6. The van der Waals surface area contributed by atoms with E-state index in [-0.39, 0.29) is 0 Å². The van der Waals surface area contributed by atoms with Gasteiger partial charge in [-0.15, -0.1) is 0 Å². The highest BCUT2D eigenvalue weighted by Crippen LogP contribution is 2.68. The van der Waals surface area contributed by atoms with Gasteiger partial charge in [-0.1, -0.05) is 91.2 Å². The molecule has 0 aromatic carbocycles. The fraction of sp³-hybridized carbons (Fsp3) is 0.946. The molecule has 0 saturated heterocycles. The molecule has 0 bridgehead atoms. The number of unbranched alkanes of at least 4 members (excludes halogenated alkanes) is 5. The Kier molecular flexibility index (Phi) is 11.9. The van der Waals surface area contributed by atoms with Crippen molar-refractivity contribution in [3.05, 3.63) is 11.6 Å². The van der Waals surface area contributed by atoms with E-state index in [1.807, 2.05) is 5.57 Å². The van der Waals surface area contributed by atoms with Crippen LogP contribution >= 0.6 is 0 Å². The topological polar surface area (TPSA) is 18.5 Å². The summed E-state index contributed by atoms with van der Waals surface area (Å²) in [6.07, 6.45) is 28.5. The third kappa shape index (κ3) is 7.55. The molecule has 0 N–H and O–H groups in total. The summed E-state index contributed by atoms with van der Waals surface area (Å²) in [5, 5.41) is 0. The number of allylic oxidation sites excluding steroid dienone is 2. The van der Waals surface area contributed by atoms with Gasteiger partial charge in [0.15, 0.2) is 0 Å². The molecule has 39 heavy (non-hydrogen) atoms. The fourth-order valence-corrected chi connectivity index (χ4v) is 10.6. The van der Waals surface area contributed by atoms with Gasteiger partial charge in [-0.3, -0.25) is 0 Å². The van der Waals surface area contributed by atoms with E-state index in [4.69, 9.17) is 9.47 Å². The second-order valence-corrected chi connectivity index (χ2v) is 15.6. The molecule has 1 unspecified atom stereocenters. The number of hydrogen-bond donors (Lipinski definition) is 0. The minimum Gasteiger partial charge on any atom is -0.359 e. The molecule has 3 saturated carbocycles. The van der Waals surface area contributed by atoms with Gasteiger partial charge in [-0.05, 0) is 123 Å². The summed E-state index contributed by atoms with van der Waals surface area (Å²) in [6, 6.07) is 0. The SMILES string of the molecule is COCOCCCCCCCCC1=CC[C@@]2(C)C(CC[C@H]3[C@@H]4CC[C@H]([C@H](C)CCCC(C)C)[C@@]4(C)CC[C@@H]32)C1. The van der Waals surface area contributed by atoms with Gasteiger partial charge in [-0.2, -0.15) is 0 Å². The van der Waals surface area contributed by atoms with Crippen molar-refractivity contribution in [1.29, 1.82) is 0 Å². The molecule has 0 aliphatic heterocycles. The molecule has 226 valence electrons. The summed E-state index contributed by atoms with van der Waals surface area (Å²) in [4.78, 5) is 0. The molecule has 8 atom stereocenters. The molecule has 0 spiro atoms. The first-order valence-corrected chi connectivity index (χ1v) is 17.5. The number of methoxy groups -OCH3 is 1. The Hall–Kier alpha value is -0.340. The minimum atomic E-state index is 0.439. The highest BCUT2D eigenvalue weighted by atomic mass is 16.7. The standard InChI is InChI=1S/C37H66O2/c1-28(2)14-13-15-29(3)33-19-20-34-32-18-17-31-26-30(16-11-9-7-8-10-12-25-39-27-38-6)21-23-36(31,4)35(32)22-24-37(33,34)5/h21,28-29,31-35H,7-20,22-27H2,1-6H3/t29-,31?,32+,33-,34+,35+,36+,37-/m1/s1. The van der Waals surface area contributed by atoms with Crippen molar-refractivity contribution < 1.29 is 9.47 Å². The summed E-state index contributed by atoms with van der Waals surface area (Å²) >= 11 is 0. The lowest BCUT2D eigenvalue weighted by molar-refractivity contribution is -0.102. The number of fused-ring (bicyclic) bond motifs is 5. The van der Waals surface area contributed by atoms with Crippen molar-refractivity contribution in [3.8, 4) is 0 Å². The summed E-state index contributed by atoms with van der Waals surface area (Å²) < 4.78 is 10.3. The van der Waals surface area contributed by atoms with E-state index in [2.05, 4.69) is 40.7 Å². The number of hydrogen-bond acceptors (Lipinski definition) is 2. The average Bonchev–Trinajstić information content (AvgIpc) is 3.27. The first kappa shape index (κ1) is 31.6. The molecule has 2 nitrogen and oxygen atoms in total. The van der Waals surface area contributed by atoms with E-state index in [1.165, 1.54) is 103 Å². The largest absolute Gasteiger partial charge is 0.359 e. The van der Waals surface area contributed by atoms with Crippen molar-refractivity contribution >= 4 is 0 Å². The van der Waals surface area contributed by atoms with E-state index >= 15 is 0 Å². The van der Waals surface area contributed by atoms with Crippen LogP contribution in [-0.4, -0.2) is 20.5 Å². The summed E-state index contributed by atoms with van der Waals surface area (Å²) in [6.45, 7) is 14.2. The van der Waals surface area contributed by atoms with Gasteiger partial charge in [0.25, 0.3) is 0 Å². The van der Waals surface area contributed by atoms with Crippen molar-refractivity contribution in [2.45, 2.75) is 150 Å². The molecule has 4 aliphatic rings. The molecule has 0 heterocycles. The highest BCUT2D eigenvalue weighted by molar-refractivity contribution is 5.17. The second kappa shape index (κ2) is 14.7. The smallest absolute Gasteiger partial charge is 0.146 e. The zero-order valence-corrected chi connectivity index (χ0v) is 27.1. The normalized spacial score (nSPS) is 36.8. The van der Waals surface area contributed by atoms with Crippen LogP contribution in [0.5, 0.6) is 0 Å². The highest BCUT2D eigenvalue weighted by Gasteiger charge is 2.60. The quantitative estimate of drug-likeness (QED) is 0.110. The van der Waals surface area contributed by atoms with Crippen LogP contribution in [0, 0.1) is 52.3 Å². The van der Waals surface area contributed by atoms with Gasteiger partial charge in [0.2, 0.25) is 0 Å². The summed E-state index contributed by atoms with van der Waals surface area (Å²) in [5.41, 5.74) is 3.04. The molecular weight excluding hydrogens is 476 g/mol. The van der Waals surface area contributed by atoms with Crippen molar-refractivity contribution in [2.75, 3.05) is 20.5 Å². The van der Waals surface area contributed by atoms with Crippen LogP contribution in [0.3, 0.4) is 0 Å². The molecular formula is C37H66O2.